The fourth-order valence-corrected chi connectivity index (χ4v) is 3.67. The summed E-state index contributed by atoms with van der Waals surface area (Å²) in [5.74, 6) is 1.66. The van der Waals surface area contributed by atoms with Crippen LogP contribution in [0.2, 0.25) is 0 Å². The Labute approximate surface area is 125 Å². The van der Waals surface area contributed by atoms with Crippen molar-refractivity contribution in [3.05, 3.63) is 12.3 Å². The minimum Gasteiger partial charge on any atom is -0.393 e. The molecular weight excluding hydrogens is 268 g/mol. The molecule has 21 heavy (non-hydrogen) atoms. The van der Waals surface area contributed by atoms with Crippen LogP contribution in [0, 0.1) is 11.8 Å². The molecule has 1 saturated heterocycles. The summed E-state index contributed by atoms with van der Waals surface area (Å²) in [5.41, 5.74) is 0. The number of aromatic nitrogens is 2. The molecule has 0 aromatic carbocycles. The average molecular weight is 292 g/mol. The second-order valence-corrected chi connectivity index (χ2v) is 6.57. The molecule has 0 radical (unpaired) electrons. The summed E-state index contributed by atoms with van der Waals surface area (Å²) in [5, 5.41) is 17.1. The van der Waals surface area contributed by atoms with E-state index in [0.717, 1.165) is 31.7 Å². The van der Waals surface area contributed by atoms with Gasteiger partial charge >= 0.3 is 0 Å². The number of aliphatic hydroxyl groups is 1. The fraction of sp³-hybridized carbons (Fsp3) is 0.733. The highest BCUT2D eigenvalue weighted by Crippen LogP contribution is 2.37. The maximum absolute atomic E-state index is 12.2. The van der Waals surface area contributed by atoms with Crippen LogP contribution in [0.3, 0.4) is 0 Å². The van der Waals surface area contributed by atoms with Gasteiger partial charge in [-0.3, -0.25) is 9.69 Å². The summed E-state index contributed by atoms with van der Waals surface area (Å²) in [7, 11) is 0. The summed E-state index contributed by atoms with van der Waals surface area (Å²) in [6, 6.07) is 2.04. The number of aliphatic hydroxyl groups excluding tert-OH is 1. The second-order valence-electron chi connectivity index (χ2n) is 6.57. The lowest BCUT2D eigenvalue weighted by Gasteiger charge is -2.18. The van der Waals surface area contributed by atoms with E-state index >= 15 is 0 Å². The third-order valence-electron chi connectivity index (χ3n) is 4.69. The van der Waals surface area contributed by atoms with Crippen molar-refractivity contribution in [2.75, 3.05) is 25.0 Å². The molecule has 3 atom stereocenters. The van der Waals surface area contributed by atoms with Crippen molar-refractivity contribution in [1.29, 1.82) is 0 Å². The molecule has 1 saturated carbocycles. The van der Waals surface area contributed by atoms with Crippen molar-refractivity contribution in [3.63, 3.8) is 0 Å². The number of hydrogen-bond acceptors (Lipinski definition) is 4. The van der Waals surface area contributed by atoms with Crippen LogP contribution in [-0.2, 0) is 4.79 Å². The molecule has 3 unspecified atom stereocenters. The molecule has 2 N–H and O–H groups in total. The zero-order chi connectivity index (χ0) is 15.0. The van der Waals surface area contributed by atoms with Gasteiger partial charge in [0.2, 0.25) is 5.91 Å². The Morgan fingerprint density at radius 1 is 1.48 bits per heavy atom. The fourth-order valence-electron chi connectivity index (χ4n) is 3.67. The van der Waals surface area contributed by atoms with Gasteiger partial charge in [0.15, 0.2) is 0 Å². The van der Waals surface area contributed by atoms with E-state index in [-0.39, 0.29) is 18.1 Å². The number of anilines is 1. The number of nitrogens with one attached hydrogen (secondary N) is 1. The molecule has 1 aliphatic heterocycles. The largest absolute Gasteiger partial charge is 0.393 e. The highest BCUT2D eigenvalue weighted by atomic mass is 16.3. The summed E-state index contributed by atoms with van der Waals surface area (Å²) in [4.78, 5) is 14.3. The van der Waals surface area contributed by atoms with E-state index in [1.54, 1.807) is 10.9 Å². The van der Waals surface area contributed by atoms with E-state index in [2.05, 4.69) is 15.3 Å². The Hall–Kier alpha value is -1.40. The predicted molar refractivity (Wildman–Crippen MR) is 79.9 cm³/mol. The molecule has 2 heterocycles. The van der Waals surface area contributed by atoms with E-state index in [1.807, 2.05) is 19.9 Å². The molecule has 0 bridgehead atoms. The first-order chi connectivity index (χ1) is 10.0. The predicted octanol–water partition coefficient (Wildman–Crippen LogP) is 1.11. The number of carbonyl (C=O) groups excluding carboxylic acids is 1. The van der Waals surface area contributed by atoms with E-state index in [1.165, 1.54) is 0 Å². The first-order valence-corrected chi connectivity index (χ1v) is 7.78. The van der Waals surface area contributed by atoms with Crippen LogP contribution >= 0.6 is 0 Å². The van der Waals surface area contributed by atoms with Gasteiger partial charge in [-0.2, -0.15) is 5.10 Å². The van der Waals surface area contributed by atoms with Crippen molar-refractivity contribution in [2.45, 2.75) is 38.8 Å². The first-order valence-electron chi connectivity index (χ1n) is 7.78. The second kappa shape index (κ2) is 5.77. The molecule has 116 valence electrons. The molecule has 6 nitrogen and oxygen atoms in total. The Kier molecular flexibility index (Phi) is 3.99. The van der Waals surface area contributed by atoms with E-state index in [0.29, 0.717) is 18.4 Å². The molecular formula is C15H24N4O2. The Bertz CT molecular complexity index is 514. The third-order valence-corrected chi connectivity index (χ3v) is 4.69. The van der Waals surface area contributed by atoms with E-state index in [4.69, 9.17) is 0 Å². The molecule has 3 rings (SSSR count). The number of fused-ring (bicyclic) bond motifs is 1. The van der Waals surface area contributed by atoms with Crippen LogP contribution in [0.25, 0.3) is 0 Å². The van der Waals surface area contributed by atoms with E-state index < -0.39 is 0 Å². The normalized spacial score (nSPS) is 29.0. The smallest absolute Gasteiger partial charge is 0.239 e. The molecule has 2 aliphatic rings. The summed E-state index contributed by atoms with van der Waals surface area (Å²) in [6.45, 7) is 6.22. The van der Waals surface area contributed by atoms with Gasteiger partial charge in [0.05, 0.1) is 18.8 Å². The number of nitrogens with zero attached hydrogens (tertiary/aromatic N) is 3. The van der Waals surface area contributed by atoms with Gasteiger partial charge in [-0.15, -0.1) is 0 Å². The van der Waals surface area contributed by atoms with Crippen molar-refractivity contribution < 1.29 is 9.90 Å². The van der Waals surface area contributed by atoms with Crippen LogP contribution < -0.4 is 5.32 Å². The van der Waals surface area contributed by atoms with Gasteiger partial charge in [-0.05, 0) is 32.6 Å². The number of hydrogen-bond donors (Lipinski definition) is 2. The van der Waals surface area contributed by atoms with Crippen molar-refractivity contribution in [2.24, 2.45) is 11.8 Å². The summed E-state index contributed by atoms with van der Waals surface area (Å²) >= 11 is 0. The number of amides is 1. The Balaban J connectivity index is 1.54. The maximum Gasteiger partial charge on any atom is 0.239 e. The zero-order valence-corrected chi connectivity index (χ0v) is 12.7. The topological polar surface area (TPSA) is 70.4 Å². The van der Waals surface area contributed by atoms with Gasteiger partial charge in [-0.25, -0.2) is 4.68 Å². The van der Waals surface area contributed by atoms with Crippen LogP contribution in [0.1, 0.15) is 32.7 Å². The van der Waals surface area contributed by atoms with Crippen LogP contribution in [0.5, 0.6) is 0 Å². The highest BCUT2D eigenvalue weighted by Gasteiger charge is 2.42. The molecule has 1 amide bonds. The quantitative estimate of drug-likeness (QED) is 0.872. The van der Waals surface area contributed by atoms with Crippen molar-refractivity contribution in [3.8, 4) is 0 Å². The van der Waals surface area contributed by atoms with Crippen LogP contribution in [0.15, 0.2) is 12.3 Å². The van der Waals surface area contributed by atoms with Gasteiger partial charge in [0.1, 0.15) is 5.82 Å². The molecule has 2 fully saturated rings. The average Bonchev–Trinajstić information content (AvgIpc) is 3.08. The van der Waals surface area contributed by atoms with Crippen LogP contribution in [0.4, 0.5) is 5.82 Å². The Morgan fingerprint density at radius 3 is 3.00 bits per heavy atom. The molecule has 1 aromatic heterocycles. The van der Waals surface area contributed by atoms with Crippen molar-refractivity contribution >= 4 is 11.7 Å². The maximum atomic E-state index is 12.2. The lowest BCUT2D eigenvalue weighted by molar-refractivity contribution is -0.117. The molecule has 6 heteroatoms. The Morgan fingerprint density at radius 2 is 2.29 bits per heavy atom. The van der Waals surface area contributed by atoms with Crippen LogP contribution in [-0.4, -0.2) is 51.4 Å². The number of rotatable bonds is 4. The standard InChI is InChI=1S/C15H24N4O2/c1-10(2)19-14(5-6-16-19)17-15(21)9-18-7-11-3-4-13(20)12(11)8-18/h5-6,10-13,20H,3-4,7-9H2,1-2H3,(H,17,21). The minimum atomic E-state index is -0.176. The molecule has 1 aromatic rings. The summed E-state index contributed by atoms with van der Waals surface area (Å²) in [6.07, 6.45) is 3.53. The van der Waals surface area contributed by atoms with Gasteiger partial charge in [0.25, 0.3) is 0 Å². The third kappa shape index (κ3) is 2.96. The monoisotopic (exact) mass is 292 g/mol. The number of carbonyl (C=O) groups is 1. The highest BCUT2D eigenvalue weighted by molar-refractivity contribution is 5.91. The summed E-state index contributed by atoms with van der Waals surface area (Å²) < 4.78 is 1.81. The van der Waals surface area contributed by atoms with Gasteiger partial charge in [-0.1, -0.05) is 0 Å². The van der Waals surface area contributed by atoms with Crippen molar-refractivity contribution in [1.82, 2.24) is 14.7 Å². The lowest BCUT2D eigenvalue weighted by Crippen LogP contribution is -2.33. The first kappa shape index (κ1) is 14.5. The minimum absolute atomic E-state index is 0.00753. The van der Waals surface area contributed by atoms with Gasteiger partial charge < -0.3 is 10.4 Å². The lowest BCUT2D eigenvalue weighted by atomic mass is 10.00. The van der Waals surface area contributed by atoms with E-state index in [9.17, 15) is 9.90 Å². The SMILES string of the molecule is CC(C)n1nccc1NC(=O)CN1CC2CCC(O)C2C1. The molecule has 0 spiro atoms. The van der Waals surface area contributed by atoms with Gasteiger partial charge in [0, 0.05) is 31.1 Å². The number of likely N-dealkylation sites (tertiary alicyclic amines) is 1. The zero-order valence-electron chi connectivity index (χ0n) is 12.7. The molecule has 1 aliphatic carbocycles.